The Morgan fingerprint density at radius 3 is 2.61 bits per heavy atom. The molecule has 0 radical (unpaired) electrons. The molecular weight excluding hydrogens is 240 g/mol. The van der Waals surface area contributed by atoms with Crippen LogP contribution in [-0.2, 0) is 4.74 Å². The summed E-state index contributed by atoms with van der Waals surface area (Å²) in [5.74, 6) is 0. The minimum atomic E-state index is 0.121. The van der Waals surface area contributed by atoms with E-state index in [4.69, 9.17) is 4.74 Å². The molecule has 1 aliphatic rings. The Labute approximate surface area is 118 Å². The Bertz CT molecular complexity index is 201. The van der Waals surface area contributed by atoms with E-state index < -0.39 is 0 Å². The summed E-state index contributed by atoms with van der Waals surface area (Å²) in [5, 5.41) is 0. The molecular formula is C16H32OS. The first-order valence-electron chi connectivity index (χ1n) is 7.99. The normalized spacial score (nSPS) is 29.8. The molecule has 0 unspecified atom stereocenters. The molecule has 2 atom stereocenters. The summed E-state index contributed by atoms with van der Waals surface area (Å²) in [6.45, 7) is 4.56. The quantitative estimate of drug-likeness (QED) is 0.544. The van der Waals surface area contributed by atoms with Gasteiger partial charge in [-0.2, -0.15) is 0 Å². The second-order valence-corrected chi connectivity index (χ2v) is 6.81. The second kappa shape index (κ2) is 9.25. The zero-order valence-electron chi connectivity index (χ0n) is 12.7. The predicted molar refractivity (Wildman–Crippen MR) is 83.3 cm³/mol. The van der Waals surface area contributed by atoms with Crippen LogP contribution in [0.3, 0.4) is 0 Å². The molecule has 18 heavy (non-hydrogen) atoms. The smallest absolute Gasteiger partial charge is 0.113 e. The van der Waals surface area contributed by atoms with E-state index in [-0.39, 0.29) is 4.93 Å². The Morgan fingerprint density at radius 2 is 1.94 bits per heavy atom. The molecule has 0 aliphatic carbocycles. The highest BCUT2D eigenvalue weighted by molar-refractivity contribution is 7.99. The van der Waals surface area contributed by atoms with E-state index in [1.165, 1.54) is 64.2 Å². The largest absolute Gasteiger partial charge is 0.361 e. The van der Waals surface area contributed by atoms with Gasteiger partial charge >= 0.3 is 0 Å². The fourth-order valence-corrected chi connectivity index (χ4v) is 3.79. The van der Waals surface area contributed by atoms with Crippen LogP contribution in [0.4, 0.5) is 0 Å². The lowest BCUT2D eigenvalue weighted by Gasteiger charge is -2.37. The average Bonchev–Trinajstić information content (AvgIpc) is 2.37. The van der Waals surface area contributed by atoms with Gasteiger partial charge in [0.2, 0.25) is 0 Å². The first kappa shape index (κ1) is 16.4. The molecule has 1 aliphatic heterocycles. The molecule has 0 spiro atoms. The van der Waals surface area contributed by atoms with Gasteiger partial charge in [0.05, 0.1) is 6.10 Å². The van der Waals surface area contributed by atoms with E-state index in [0.717, 1.165) is 6.42 Å². The molecule has 0 aromatic carbocycles. The lowest BCUT2D eigenvalue weighted by molar-refractivity contribution is -0.0575. The highest BCUT2D eigenvalue weighted by atomic mass is 32.2. The van der Waals surface area contributed by atoms with Gasteiger partial charge in [0.1, 0.15) is 4.93 Å². The van der Waals surface area contributed by atoms with E-state index in [1.807, 2.05) is 11.8 Å². The van der Waals surface area contributed by atoms with Crippen molar-refractivity contribution in [3.8, 4) is 0 Å². The highest BCUT2D eigenvalue weighted by Gasteiger charge is 2.31. The predicted octanol–water partition coefficient (Wildman–Crippen LogP) is 5.78. The second-order valence-electron chi connectivity index (χ2n) is 5.66. The molecule has 1 saturated heterocycles. The van der Waals surface area contributed by atoms with Crippen LogP contribution in [0.1, 0.15) is 84.5 Å². The maximum absolute atomic E-state index is 6.52. The maximum Gasteiger partial charge on any atom is 0.113 e. The van der Waals surface area contributed by atoms with Crippen LogP contribution in [0, 0.1) is 0 Å². The number of unbranched alkanes of at least 4 members (excludes halogenated alkanes) is 3. The van der Waals surface area contributed by atoms with Gasteiger partial charge in [-0.3, -0.25) is 0 Å². The van der Waals surface area contributed by atoms with Gasteiger partial charge in [0.15, 0.2) is 0 Å². The first-order valence-corrected chi connectivity index (χ1v) is 9.21. The summed E-state index contributed by atoms with van der Waals surface area (Å²) in [6, 6.07) is 0. The molecule has 0 bridgehead atoms. The van der Waals surface area contributed by atoms with E-state index in [2.05, 4.69) is 20.1 Å². The van der Waals surface area contributed by atoms with Gasteiger partial charge in [0.25, 0.3) is 0 Å². The molecule has 1 rings (SSSR count). The molecule has 0 aromatic rings. The maximum atomic E-state index is 6.52. The minimum Gasteiger partial charge on any atom is -0.361 e. The van der Waals surface area contributed by atoms with E-state index >= 15 is 0 Å². The minimum absolute atomic E-state index is 0.121. The fourth-order valence-electron chi connectivity index (χ4n) is 2.92. The molecule has 0 aromatic heterocycles. The van der Waals surface area contributed by atoms with Crippen molar-refractivity contribution in [1.82, 2.24) is 0 Å². The Morgan fingerprint density at radius 1 is 1.11 bits per heavy atom. The van der Waals surface area contributed by atoms with Gasteiger partial charge in [-0.15, -0.1) is 11.8 Å². The van der Waals surface area contributed by atoms with Crippen molar-refractivity contribution in [1.29, 1.82) is 0 Å². The molecule has 1 heterocycles. The van der Waals surface area contributed by atoms with Gasteiger partial charge in [-0.05, 0) is 38.4 Å². The van der Waals surface area contributed by atoms with Gasteiger partial charge < -0.3 is 4.74 Å². The lowest BCUT2D eigenvalue weighted by atomic mass is 9.98. The molecule has 0 saturated carbocycles. The topological polar surface area (TPSA) is 9.23 Å². The summed E-state index contributed by atoms with van der Waals surface area (Å²) in [5.41, 5.74) is 0. The number of ether oxygens (including phenoxy) is 1. The van der Waals surface area contributed by atoms with Crippen LogP contribution in [0.25, 0.3) is 0 Å². The molecule has 108 valence electrons. The average molecular weight is 272 g/mol. The standard InChI is InChI=1S/C16H32OS/c1-4-6-7-9-12-15-13-10-8-11-14-16(5-2,17-15)18-3/h15H,4-14H2,1-3H3/t15-,16-/m0/s1. The third kappa shape index (κ3) is 5.52. The molecule has 0 amide bonds. The summed E-state index contributed by atoms with van der Waals surface area (Å²) in [7, 11) is 0. The number of hydrogen-bond acceptors (Lipinski definition) is 2. The van der Waals surface area contributed by atoms with Crippen molar-refractivity contribution >= 4 is 11.8 Å². The summed E-state index contributed by atoms with van der Waals surface area (Å²) >= 11 is 1.94. The summed E-state index contributed by atoms with van der Waals surface area (Å²) in [4.78, 5) is 0.121. The van der Waals surface area contributed by atoms with Crippen LogP contribution in [-0.4, -0.2) is 17.3 Å². The van der Waals surface area contributed by atoms with Crippen molar-refractivity contribution in [3.63, 3.8) is 0 Å². The van der Waals surface area contributed by atoms with Crippen molar-refractivity contribution < 1.29 is 4.74 Å². The van der Waals surface area contributed by atoms with Crippen LogP contribution in [0.5, 0.6) is 0 Å². The molecule has 0 N–H and O–H groups in total. The fraction of sp³-hybridized carbons (Fsp3) is 1.00. The van der Waals surface area contributed by atoms with E-state index in [0.29, 0.717) is 6.10 Å². The van der Waals surface area contributed by atoms with Crippen molar-refractivity contribution in [2.75, 3.05) is 6.26 Å². The molecule has 1 fully saturated rings. The van der Waals surface area contributed by atoms with E-state index in [1.54, 1.807) is 0 Å². The van der Waals surface area contributed by atoms with E-state index in [9.17, 15) is 0 Å². The summed E-state index contributed by atoms with van der Waals surface area (Å²) < 4.78 is 6.52. The molecule has 2 heteroatoms. The van der Waals surface area contributed by atoms with Crippen molar-refractivity contribution in [2.24, 2.45) is 0 Å². The zero-order valence-corrected chi connectivity index (χ0v) is 13.5. The summed E-state index contributed by atoms with van der Waals surface area (Å²) in [6.07, 6.45) is 17.3. The SMILES string of the molecule is CCCCCC[C@H]1CCCCC[C@](CC)(SC)O1. The Kier molecular flexibility index (Phi) is 8.41. The third-order valence-corrected chi connectivity index (χ3v) is 5.59. The van der Waals surface area contributed by atoms with Gasteiger partial charge in [0, 0.05) is 0 Å². The zero-order chi connectivity index (χ0) is 13.3. The first-order chi connectivity index (χ1) is 8.76. The number of thioether (sulfide) groups is 1. The van der Waals surface area contributed by atoms with Crippen molar-refractivity contribution in [3.05, 3.63) is 0 Å². The van der Waals surface area contributed by atoms with Crippen molar-refractivity contribution in [2.45, 2.75) is 95.5 Å². The highest BCUT2D eigenvalue weighted by Crippen LogP contribution is 2.38. The van der Waals surface area contributed by atoms with Crippen LogP contribution < -0.4 is 0 Å². The monoisotopic (exact) mass is 272 g/mol. The third-order valence-electron chi connectivity index (χ3n) is 4.26. The van der Waals surface area contributed by atoms with Gasteiger partial charge in [-0.1, -0.05) is 52.4 Å². The Hall–Kier alpha value is 0.310. The Balaban J connectivity index is 2.43. The lowest BCUT2D eigenvalue weighted by Crippen LogP contribution is -2.34. The van der Waals surface area contributed by atoms with Crippen LogP contribution in [0.15, 0.2) is 0 Å². The number of rotatable bonds is 7. The van der Waals surface area contributed by atoms with Gasteiger partial charge in [-0.25, -0.2) is 0 Å². The molecule has 1 nitrogen and oxygen atoms in total. The van der Waals surface area contributed by atoms with Crippen LogP contribution in [0.2, 0.25) is 0 Å². The number of hydrogen-bond donors (Lipinski definition) is 0. The van der Waals surface area contributed by atoms with Crippen LogP contribution >= 0.6 is 11.8 Å².